The molecule has 0 fully saturated rings. The molecular weight excluding hydrogens is 332 g/mol. The summed E-state index contributed by atoms with van der Waals surface area (Å²) in [5.41, 5.74) is 6.51. The largest absolute Gasteiger partial charge is 0.497 e. The van der Waals surface area contributed by atoms with Gasteiger partial charge in [0.1, 0.15) is 5.75 Å². The molecule has 2 aromatic carbocycles. The lowest BCUT2D eigenvalue weighted by molar-refractivity contribution is 0.415. The lowest BCUT2D eigenvalue weighted by atomic mass is 10.1. The summed E-state index contributed by atoms with van der Waals surface area (Å²) in [5.74, 6) is 1.86. The molecule has 0 radical (unpaired) electrons. The summed E-state index contributed by atoms with van der Waals surface area (Å²) < 4.78 is 11.9. The Morgan fingerprint density at radius 2 is 2.00 bits per heavy atom. The van der Waals surface area contributed by atoms with Crippen molar-refractivity contribution in [2.24, 2.45) is 0 Å². The Bertz CT molecular complexity index is 785. The molecule has 0 saturated carbocycles. The lowest BCUT2D eigenvalue weighted by Crippen LogP contribution is -1.95. The SMILES string of the molecule is COc1ccc2c(Oc3c(N)cccc3Br)nccc2c1. The predicted molar refractivity (Wildman–Crippen MR) is 86.9 cm³/mol. The van der Waals surface area contributed by atoms with Crippen LogP contribution in [0.2, 0.25) is 0 Å². The van der Waals surface area contributed by atoms with Crippen molar-refractivity contribution >= 4 is 32.4 Å². The number of halogens is 1. The average Bonchev–Trinajstić information content (AvgIpc) is 2.50. The monoisotopic (exact) mass is 344 g/mol. The number of aromatic nitrogens is 1. The van der Waals surface area contributed by atoms with Gasteiger partial charge in [-0.25, -0.2) is 4.98 Å². The van der Waals surface area contributed by atoms with Crippen molar-refractivity contribution in [3.63, 3.8) is 0 Å². The van der Waals surface area contributed by atoms with Gasteiger partial charge in [-0.05, 0) is 57.7 Å². The van der Waals surface area contributed by atoms with Gasteiger partial charge < -0.3 is 15.2 Å². The van der Waals surface area contributed by atoms with Crippen LogP contribution >= 0.6 is 15.9 Å². The number of methoxy groups -OCH3 is 1. The molecule has 0 saturated heterocycles. The Labute approximate surface area is 130 Å². The van der Waals surface area contributed by atoms with E-state index in [0.29, 0.717) is 17.3 Å². The summed E-state index contributed by atoms with van der Waals surface area (Å²) in [6.07, 6.45) is 1.70. The standard InChI is InChI=1S/C16H13BrN2O2/c1-20-11-5-6-12-10(9-11)7-8-19-16(12)21-15-13(17)3-2-4-14(15)18/h2-9H,18H2,1H3. The van der Waals surface area contributed by atoms with Crippen molar-refractivity contribution in [3.8, 4) is 17.4 Å². The second kappa shape index (κ2) is 5.61. The van der Waals surface area contributed by atoms with Crippen molar-refractivity contribution in [1.29, 1.82) is 0 Å². The number of fused-ring (bicyclic) bond motifs is 1. The number of hydrogen-bond donors (Lipinski definition) is 1. The zero-order valence-electron chi connectivity index (χ0n) is 11.3. The number of ether oxygens (including phenoxy) is 2. The molecule has 0 amide bonds. The maximum Gasteiger partial charge on any atom is 0.227 e. The molecule has 0 spiro atoms. The van der Waals surface area contributed by atoms with Gasteiger partial charge in [-0.3, -0.25) is 0 Å². The zero-order chi connectivity index (χ0) is 14.8. The van der Waals surface area contributed by atoms with Crippen LogP contribution in [-0.2, 0) is 0 Å². The topological polar surface area (TPSA) is 57.4 Å². The first-order chi connectivity index (χ1) is 10.2. The molecule has 106 valence electrons. The first-order valence-electron chi connectivity index (χ1n) is 6.33. The molecule has 0 aliphatic carbocycles. The summed E-state index contributed by atoms with van der Waals surface area (Å²) >= 11 is 3.44. The van der Waals surface area contributed by atoms with E-state index in [-0.39, 0.29) is 0 Å². The minimum absolute atomic E-state index is 0.508. The molecular formula is C16H13BrN2O2. The number of nitrogens with zero attached hydrogens (tertiary/aromatic N) is 1. The Morgan fingerprint density at radius 1 is 1.14 bits per heavy atom. The second-order valence-corrected chi connectivity index (χ2v) is 5.32. The average molecular weight is 345 g/mol. The highest BCUT2D eigenvalue weighted by Gasteiger charge is 2.11. The minimum Gasteiger partial charge on any atom is -0.497 e. The van der Waals surface area contributed by atoms with Crippen molar-refractivity contribution in [1.82, 2.24) is 4.98 Å². The van der Waals surface area contributed by atoms with E-state index in [4.69, 9.17) is 15.2 Å². The van der Waals surface area contributed by atoms with Crippen LogP contribution in [0.4, 0.5) is 5.69 Å². The number of rotatable bonds is 3. The molecule has 4 nitrogen and oxygen atoms in total. The maximum absolute atomic E-state index is 5.96. The highest BCUT2D eigenvalue weighted by Crippen LogP contribution is 2.37. The van der Waals surface area contributed by atoms with Crippen LogP contribution in [0.25, 0.3) is 10.8 Å². The summed E-state index contributed by atoms with van der Waals surface area (Å²) in [6, 6.07) is 13.2. The first kappa shape index (κ1) is 13.7. The molecule has 21 heavy (non-hydrogen) atoms. The second-order valence-electron chi connectivity index (χ2n) is 4.46. The van der Waals surface area contributed by atoms with Crippen molar-refractivity contribution in [2.75, 3.05) is 12.8 Å². The van der Waals surface area contributed by atoms with Crippen molar-refractivity contribution in [3.05, 3.63) is 53.1 Å². The van der Waals surface area contributed by atoms with Gasteiger partial charge in [0, 0.05) is 11.6 Å². The third-order valence-electron chi connectivity index (χ3n) is 3.13. The van der Waals surface area contributed by atoms with Gasteiger partial charge in [0.05, 0.1) is 17.3 Å². The van der Waals surface area contributed by atoms with Gasteiger partial charge in [-0.1, -0.05) is 6.07 Å². The normalized spacial score (nSPS) is 10.6. The third kappa shape index (κ3) is 2.64. The fourth-order valence-corrected chi connectivity index (χ4v) is 2.53. The molecule has 0 bridgehead atoms. The Balaban J connectivity index is 2.09. The van der Waals surface area contributed by atoms with Gasteiger partial charge in [-0.2, -0.15) is 0 Å². The fourth-order valence-electron chi connectivity index (χ4n) is 2.07. The molecule has 0 atom stereocenters. The van der Waals surface area contributed by atoms with E-state index in [1.165, 1.54) is 0 Å². The first-order valence-corrected chi connectivity index (χ1v) is 7.13. The van der Waals surface area contributed by atoms with E-state index in [1.54, 1.807) is 19.4 Å². The van der Waals surface area contributed by atoms with E-state index in [1.807, 2.05) is 36.4 Å². The molecule has 0 unspecified atom stereocenters. The minimum atomic E-state index is 0.508. The van der Waals surface area contributed by atoms with Crippen molar-refractivity contribution in [2.45, 2.75) is 0 Å². The number of hydrogen-bond acceptors (Lipinski definition) is 4. The van der Waals surface area contributed by atoms with Crippen LogP contribution in [0.1, 0.15) is 0 Å². The van der Waals surface area contributed by atoms with E-state index in [0.717, 1.165) is 21.0 Å². The number of nitrogen functional groups attached to an aromatic ring is 1. The Kier molecular flexibility index (Phi) is 3.66. The van der Waals surface area contributed by atoms with E-state index >= 15 is 0 Å². The highest BCUT2D eigenvalue weighted by atomic mass is 79.9. The number of pyridine rings is 1. The summed E-state index contributed by atoms with van der Waals surface area (Å²) in [4.78, 5) is 4.30. The van der Waals surface area contributed by atoms with Gasteiger partial charge >= 0.3 is 0 Å². The molecule has 3 aromatic rings. The van der Waals surface area contributed by atoms with Crippen LogP contribution in [0.15, 0.2) is 53.1 Å². The Hall–Kier alpha value is -2.27. The number of para-hydroxylation sites is 1. The summed E-state index contributed by atoms with van der Waals surface area (Å²) in [6.45, 7) is 0. The van der Waals surface area contributed by atoms with Gasteiger partial charge in [0.15, 0.2) is 5.75 Å². The van der Waals surface area contributed by atoms with Gasteiger partial charge in [-0.15, -0.1) is 0 Å². The molecule has 0 aliphatic rings. The third-order valence-corrected chi connectivity index (χ3v) is 3.76. The van der Waals surface area contributed by atoms with Crippen LogP contribution in [0.5, 0.6) is 17.4 Å². The van der Waals surface area contributed by atoms with Gasteiger partial charge in [0.25, 0.3) is 0 Å². The van der Waals surface area contributed by atoms with Crippen LogP contribution in [0.3, 0.4) is 0 Å². The van der Waals surface area contributed by atoms with E-state index < -0.39 is 0 Å². The van der Waals surface area contributed by atoms with Crippen LogP contribution in [-0.4, -0.2) is 12.1 Å². The van der Waals surface area contributed by atoms with Crippen LogP contribution in [0, 0.1) is 0 Å². The summed E-state index contributed by atoms with van der Waals surface area (Å²) in [7, 11) is 1.64. The van der Waals surface area contributed by atoms with E-state index in [2.05, 4.69) is 20.9 Å². The molecule has 0 aliphatic heterocycles. The lowest BCUT2D eigenvalue weighted by Gasteiger charge is -2.11. The number of benzene rings is 2. The molecule has 5 heteroatoms. The molecule has 2 N–H and O–H groups in total. The predicted octanol–water partition coefficient (Wildman–Crippen LogP) is 4.38. The summed E-state index contributed by atoms with van der Waals surface area (Å²) in [5, 5.41) is 1.89. The fraction of sp³-hybridized carbons (Fsp3) is 0.0625. The quantitative estimate of drug-likeness (QED) is 0.716. The molecule has 1 heterocycles. The zero-order valence-corrected chi connectivity index (χ0v) is 12.9. The highest BCUT2D eigenvalue weighted by molar-refractivity contribution is 9.10. The van der Waals surface area contributed by atoms with Crippen molar-refractivity contribution < 1.29 is 9.47 Å². The molecule has 1 aromatic heterocycles. The van der Waals surface area contributed by atoms with Gasteiger partial charge in [0.2, 0.25) is 5.88 Å². The number of anilines is 1. The van der Waals surface area contributed by atoms with Crippen LogP contribution < -0.4 is 15.2 Å². The van der Waals surface area contributed by atoms with E-state index in [9.17, 15) is 0 Å². The molecule has 3 rings (SSSR count). The number of nitrogens with two attached hydrogens (primary N) is 1. The maximum atomic E-state index is 5.96. The Morgan fingerprint density at radius 3 is 2.76 bits per heavy atom. The smallest absolute Gasteiger partial charge is 0.227 e.